The molecule has 162 valence electrons. The van der Waals surface area contributed by atoms with Crippen molar-refractivity contribution in [3.63, 3.8) is 0 Å². The number of benzene rings is 1. The van der Waals surface area contributed by atoms with Gasteiger partial charge in [0.2, 0.25) is 6.79 Å². The first-order chi connectivity index (χ1) is 15.0. The molecule has 0 radical (unpaired) electrons. The van der Waals surface area contributed by atoms with Gasteiger partial charge >= 0.3 is 6.03 Å². The number of imide groups is 1. The van der Waals surface area contributed by atoms with E-state index in [1.54, 1.807) is 11.1 Å². The van der Waals surface area contributed by atoms with E-state index in [2.05, 4.69) is 35.1 Å². The summed E-state index contributed by atoms with van der Waals surface area (Å²) in [6, 6.07) is 9.60. The highest BCUT2D eigenvalue weighted by molar-refractivity contribution is 6.07. The third kappa shape index (κ3) is 3.36. The summed E-state index contributed by atoms with van der Waals surface area (Å²) in [6.45, 7) is 6.34. The molecule has 3 aliphatic rings. The first-order valence-corrected chi connectivity index (χ1v) is 10.7. The van der Waals surface area contributed by atoms with Crippen LogP contribution in [0.4, 0.5) is 10.5 Å². The van der Waals surface area contributed by atoms with Crippen LogP contribution in [0.5, 0.6) is 11.5 Å². The number of amides is 3. The lowest BCUT2D eigenvalue weighted by atomic mass is 9.85. The second kappa shape index (κ2) is 7.44. The predicted molar refractivity (Wildman–Crippen MR) is 115 cm³/mol. The Balaban J connectivity index is 1.35. The molecule has 0 saturated carbocycles. The molecule has 4 heterocycles. The Hall–Kier alpha value is -3.29. The van der Waals surface area contributed by atoms with Crippen molar-refractivity contribution in [1.82, 2.24) is 15.2 Å². The number of fused-ring (bicyclic) bond motifs is 1. The number of nitrogens with zero attached hydrogens (tertiary/aromatic N) is 3. The molecule has 1 spiro atoms. The van der Waals surface area contributed by atoms with Gasteiger partial charge in [-0.05, 0) is 49.1 Å². The molecular formula is C23H26N4O4. The summed E-state index contributed by atoms with van der Waals surface area (Å²) in [5.74, 6) is 1.62. The smallest absolute Gasteiger partial charge is 0.325 e. The number of hydrogen-bond acceptors (Lipinski definition) is 6. The number of piperidine rings is 1. The van der Waals surface area contributed by atoms with Crippen LogP contribution in [0, 0.1) is 5.92 Å². The van der Waals surface area contributed by atoms with Crippen LogP contribution in [0.1, 0.15) is 26.7 Å². The lowest BCUT2D eigenvalue weighted by Crippen LogP contribution is -2.57. The van der Waals surface area contributed by atoms with Gasteiger partial charge in [-0.3, -0.25) is 15.1 Å². The molecule has 0 unspecified atom stereocenters. The zero-order chi connectivity index (χ0) is 21.6. The van der Waals surface area contributed by atoms with Gasteiger partial charge < -0.3 is 19.3 Å². The van der Waals surface area contributed by atoms with Crippen molar-refractivity contribution in [2.24, 2.45) is 5.92 Å². The normalized spacial score (nSPS) is 19.5. The van der Waals surface area contributed by atoms with Crippen molar-refractivity contribution < 1.29 is 19.1 Å². The fraction of sp³-hybridized carbons (Fsp3) is 0.435. The first kappa shape index (κ1) is 19.7. The number of anilines is 1. The van der Waals surface area contributed by atoms with Gasteiger partial charge in [-0.2, -0.15) is 0 Å². The van der Waals surface area contributed by atoms with Crippen LogP contribution in [0.25, 0.3) is 11.3 Å². The maximum absolute atomic E-state index is 12.7. The Kier molecular flexibility index (Phi) is 4.72. The van der Waals surface area contributed by atoms with Crippen LogP contribution in [0.15, 0.2) is 36.5 Å². The van der Waals surface area contributed by atoms with E-state index in [0.29, 0.717) is 38.4 Å². The highest BCUT2D eigenvalue weighted by Gasteiger charge is 2.53. The number of ether oxygens (including phenoxy) is 2. The van der Waals surface area contributed by atoms with E-state index in [4.69, 9.17) is 9.47 Å². The Morgan fingerprint density at radius 1 is 1.10 bits per heavy atom. The summed E-state index contributed by atoms with van der Waals surface area (Å²) in [5.41, 5.74) is 2.14. The average molecular weight is 422 g/mol. The van der Waals surface area contributed by atoms with E-state index in [0.717, 1.165) is 28.4 Å². The molecule has 0 atom stereocenters. The lowest BCUT2D eigenvalue weighted by molar-refractivity contribution is -0.127. The molecule has 0 bridgehead atoms. The van der Waals surface area contributed by atoms with Crippen molar-refractivity contribution in [3.05, 3.63) is 36.5 Å². The molecule has 8 heteroatoms. The number of rotatable bonds is 4. The number of carbonyl (C=O) groups excluding carboxylic acids is 2. The van der Waals surface area contributed by atoms with E-state index >= 15 is 0 Å². The quantitative estimate of drug-likeness (QED) is 0.763. The van der Waals surface area contributed by atoms with Crippen molar-refractivity contribution >= 4 is 17.6 Å². The molecule has 3 aliphatic heterocycles. The standard InChI is InChI=1S/C23H26N4O4/c1-15(2)13-27-22(29)25-21(28)23(27)6-9-26(10-7-23)17-5-8-24-18(12-17)16-3-4-19-20(11-16)31-14-30-19/h3-5,8,11-12,15H,6-7,9-10,13-14H2,1-2H3,(H,25,28,29). The maximum atomic E-state index is 12.7. The van der Waals surface area contributed by atoms with Gasteiger partial charge in [-0.1, -0.05) is 13.8 Å². The molecule has 2 aromatic rings. The minimum Gasteiger partial charge on any atom is -0.454 e. The molecular weight excluding hydrogens is 396 g/mol. The zero-order valence-corrected chi connectivity index (χ0v) is 17.8. The largest absolute Gasteiger partial charge is 0.454 e. The summed E-state index contributed by atoms with van der Waals surface area (Å²) < 4.78 is 10.9. The van der Waals surface area contributed by atoms with Crippen molar-refractivity contribution in [2.75, 3.05) is 31.3 Å². The first-order valence-electron chi connectivity index (χ1n) is 10.7. The SMILES string of the molecule is CC(C)CN1C(=O)NC(=O)C12CCN(c1ccnc(-c3ccc4c(c3)OCO4)c1)CC2. The number of carbonyl (C=O) groups is 2. The van der Waals surface area contributed by atoms with Gasteiger partial charge in [-0.25, -0.2) is 4.79 Å². The van der Waals surface area contributed by atoms with Crippen LogP contribution in [-0.2, 0) is 4.79 Å². The Morgan fingerprint density at radius 2 is 1.87 bits per heavy atom. The second-order valence-electron chi connectivity index (χ2n) is 8.75. The molecule has 5 rings (SSSR count). The van der Waals surface area contributed by atoms with Crippen LogP contribution < -0.4 is 19.7 Å². The van der Waals surface area contributed by atoms with Crippen molar-refractivity contribution in [3.8, 4) is 22.8 Å². The van der Waals surface area contributed by atoms with Gasteiger partial charge in [0.1, 0.15) is 5.54 Å². The van der Waals surface area contributed by atoms with Crippen LogP contribution in [0.2, 0.25) is 0 Å². The fourth-order valence-corrected chi connectivity index (χ4v) is 4.68. The fourth-order valence-electron chi connectivity index (χ4n) is 4.68. The molecule has 8 nitrogen and oxygen atoms in total. The number of hydrogen-bond donors (Lipinski definition) is 1. The van der Waals surface area contributed by atoms with Crippen LogP contribution in [-0.4, -0.2) is 53.8 Å². The highest BCUT2D eigenvalue weighted by atomic mass is 16.7. The number of nitrogens with one attached hydrogen (secondary N) is 1. The van der Waals surface area contributed by atoms with Crippen molar-refractivity contribution in [2.45, 2.75) is 32.2 Å². The van der Waals surface area contributed by atoms with Crippen LogP contribution >= 0.6 is 0 Å². The Morgan fingerprint density at radius 3 is 2.65 bits per heavy atom. The van der Waals surface area contributed by atoms with Gasteiger partial charge in [0.25, 0.3) is 5.91 Å². The van der Waals surface area contributed by atoms with Gasteiger partial charge in [0.05, 0.1) is 5.69 Å². The topological polar surface area (TPSA) is 84.0 Å². The molecule has 1 aromatic carbocycles. The third-order valence-electron chi connectivity index (χ3n) is 6.32. The number of aromatic nitrogens is 1. The molecule has 1 N–H and O–H groups in total. The van der Waals surface area contributed by atoms with Gasteiger partial charge in [0.15, 0.2) is 11.5 Å². The lowest BCUT2D eigenvalue weighted by Gasteiger charge is -2.43. The molecule has 0 aliphatic carbocycles. The summed E-state index contributed by atoms with van der Waals surface area (Å²) >= 11 is 0. The van der Waals surface area contributed by atoms with Crippen molar-refractivity contribution in [1.29, 1.82) is 0 Å². The summed E-state index contributed by atoms with van der Waals surface area (Å²) in [4.78, 5) is 33.6. The second-order valence-corrected chi connectivity index (χ2v) is 8.75. The maximum Gasteiger partial charge on any atom is 0.325 e. The minimum atomic E-state index is -0.731. The highest BCUT2D eigenvalue weighted by Crippen LogP contribution is 2.38. The predicted octanol–water partition coefficient (Wildman–Crippen LogP) is 3.02. The number of pyridine rings is 1. The zero-order valence-electron chi connectivity index (χ0n) is 17.8. The third-order valence-corrected chi connectivity index (χ3v) is 6.32. The summed E-state index contributed by atoms with van der Waals surface area (Å²) in [7, 11) is 0. The Bertz CT molecular complexity index is 1030. The molecule has 31 heavy (non-hydrogen) atoms. The average Bonchev–Trinajstić information content (AvgIpc) is 3.32. The van der Waals surface area contributed by atoms with E-state index in [1.165, 1.54) is 0 Å². The summed E-state index contributed by atoms with van der Waals surface area (Å²) in [6.07, 6.45) is 3.02. The molecule has 3 amide bonds. The summed E-state index contributed by atoms with van der Waals surface area (Å²) in [5, 5.41) is 2.54. The van der Waals surface area contributed by atoms with E-state index in [1.807, 2.05) is 24.3 Å². The number of urea groups is 1. The van der Waals surface area contributed by atoms with E-state index in [-0.39, 0.29) is 18.7 Å². The molecule has 2 saturated heterocycles. The monoisotopic (exact) mass is 422 g/mol. The molecule has 2 fully saturated rings. The van der Waals surface area contributed by atoms with Gasteiger partial charge in [0, 0.05) is 37.1 Å². The van der Waals surface area contributed by atoms with E-state index < -0.39 is 5.54 Å². The van der Waals surface area contributed by atoms with E-state index in [9.17, 15) is 9.59 Å². The van der Waals surface area contributed by atoms with Gasteiger partial charge in [-0.15, -0.1) is 0 Å². The molecule has 1 aromatic heterocycles. The Labute approximate surface area is 181 Å². The van der Waals surface area contributed by atoms with Crippen LogP contribution in [0.3, 0.4) is 0 Å². The minimum absolute atomic E-state index is 0.159.